The van der Waals surface area contributed by atoms with E-state index in [1.165, 1.54) is 6.08 Å². The molecule has 26 heavy (non-hydrogen) atoms. The number of hydrogen-bond donors (Lipinski definition) is 1. The number of aryl methyl sites for hydroxylation is 1. The number of terminal acetylenes is 1. The zero-order valence-corrected chi connectivity index (χ0v) is 17.6. The summed E-state index contributed by atoms with van der Waals surface area (Å²) in [5, 5.41) is 12.1. The fraction of sp³-hybridized carbons (Fsp3) is 0.100. The van der Waals surface area contributed by atoms with Crippen molar-refractivity contribution >= 4 is 56.2 Å². The van der Waals surface area contributed by atoms with Crippen LogP contribution in [0.3, 0.4) is 0 Å². The zero-order chi connectivity index (χ0) is 19.1. The Morgan fingerprint density at radius 1 is 1.38 bits per heavy atom. The molecule has 0 aromatic heterocycles. The first-order valence-corrected chi connectivity index (χ1v) is 9.37. The van der Waals surface area contributed by atoms with Gasteiger partial charge in [-0.15, -0.1) is 6.42 Å². The summed E-state index contributed by atoms with van der Waals surface area (Å²) >= 11 is 5.54. The molecule has 2 aromatic carbocycles. The van der Waals surface area contributed by atoms with Crippen LogP contribution in [0.15, 0.2) is 46.4 Å². The largest absolute Gasteiger partial charge is 0.479 e. The van der Waals surface area contributed by atoms with E-state index < -0.39 is 5.91 Å². The molecule has 0 atom stereocenters. The van der Waals surface area contributed by atoms with Gasteiger partial charge in [-0.2, -0.15) is 5.26 Å². The molecule has 0 spiro atoms. The number of ether oxygens (including phenoxy) is 1. The maximum Gasteiger partial charge on any atom is 0.266 e. The number of nitrogens with one attached hydrogen (secondary N) is 1. The molecule has 6 heteroatoms. The monoisotopic (exact) mass is 520 g/mol. The van der Waals surface area contributed by atoms with Crippen molar-refractivity contribution in [3.8, 4) is 24.2 Å². The lowest BCUT2D eigenvalue weighted by molar-refractivity contribution is -0.112. The van der Waals surface area contributed by atoms with Gasteiger partial charge in [0.15, 0.2) is 0 Å². The molecule has 1 N–H and O–H groups in total. The van der Waals surface area contributed by atoms with Gasteiger partial charge >= 0.3 is 0 Å². The van der Waals surface area contributed by atoms with Crippen LogP contribution in [0.5, 0.6) is 5.75 Å². The molecule has 0 aliphatic heterocycles. The van der Waals surface area contributed by atoms with Crippen LogP contribution in [0.1, 0.15) is 11.1 Å². The van der Waals surface area contributed by atoms with Crippen LogP contribution in [0, 0.1) is 34.2 Å². The highest BCUT2D eigenvalue weighted by molar-refractivity contribution is 14.1. The Hall–Kier alpha value is -2.29. The minimum Gasteiger partial charge on any atom is -0.479 e. The summed E-state index contributed by atoms with van der Waals surface area (Å²) in [5.41, 5.74) is 2.43. The van der Waals surface area contributed by atoms with Crippen LogP contribution < -0.4 is 10.1 Å². The van der Waals surface area contributed by atoms with E-state index in [0.717, 1.165) is 9.13 Å². The maximum absolute atomic E-state index is 12.3. The molecule has 130 valence electrons. The number of carbonyl (C=O) groups excluding carboxylic acids is 1. The number of nitriles is 1. The predicted octanol–water partition coefficient (Wildman–Crippen LogP) is 4.92. The molecule has 2 rings (SSSR count). The van der Waals surface area contributed by atoms with Gasteiger partial charge in [0.1, 0.15) is 24.0 Å². The second-order valence-electron chi connectivity index (χ2n) is 5.30. The summed E-state index contributed by atoms with van der Waals surface area (Å²) in [7, 11) is 0. The Labute approximate surface area is 174 Å². The highest BCUT2D eigenvalue weighted by Gasteiger charge is 2.12. The second-order valence-corrected chi connectivity index (χ2v) is 7.31. The van der Waals surface area contributed by atoms with Crippen molar-refractivity contribution in [2.45, 2.75) is 6.92 Å². The molecule has 2 aromatic rings. The molecule has 0 saturated carbocycles. The average molecular weight is 521 g/mol. The first-order chi connectivity index (χ1) is 12.4. The SMILES string of the molecule is C#CCOc1c(Br)cc(/C=C(\C#N)C(=O)Nc2ccc(C)cc2)cc1I. The van der Waals surface area contributed by atoms with Crippen molar-refractivity contribution in [1.82, 2.24) is 0 Å². The number of amides is 1. The van der Waals surface area contributed by atoms with Gasteiger partial charge in [-0.25, -0.2) is 0 Å². The molecule has 1 amide bonds. The highest BCUT2D eigenvalue weighted by atomic mass is 127. The minimum absolute atomic E-state index is 0.00516. The number of anilines is 1. The van der Waals surface area contributed by atoms with Crippen molar-refractivity contribution in [3.05, 3.63) is 61.1 Å². The molecule has 0 unspecified atom stereocenters. The third-order valence-electron chi connectivity index (χ3n) is 3.31. The van der Waals surface area contributed by atoms with Crippen molar-refractivity contribution in [2.24, 2.45) is 0 Å². The number of carbonyl (C=O) groups is 1. The normalized spacial score (nSPS) is 10.6. The quantitative estimate of drug-likeness (QED) is 0.263. The first-order valence-electron chi connectivity index (χ1n) is 7.49. The number of nitrogens with zero attached hydrogens (tertiary/aromatic N) is 1. The van der Waals surface area contributed by atoms with E-state index in [-0.39, 0.29) is 12.2 Å². The lowest BCUT2D eigenvalue weighted by Crippen LogP contribution is -2.13. The van der Waals surface area contributed by atoms with E-state index in [9.17, 15) is 10.1 Å². The van der Waals surface area contributed by atoms with Gasteiger partial charge in [0.25, 0.3) is 5.91 Å². The van der Waals surface area contributed by atoms with E-state index in [0.29, 0.717) is 21.5 Å². The van der Waals surface area contributed by atoms with Crippen LogP contribution in [-0.4, -0.2) is 12.5 Å². The summed E-state index contributed by atoms with van der Waals surface area (Å²) in [4.78, 5) is 12.3. The average Bonchev–Trinajstić information content (AvgIpc) is 2.61. The zero-order valence-electron chi connectivity index (χ0n) is 13.8. The number of hydrogen-bond acceptors (Lipinski definition) is 3. The maximum atomic E-state index is 12.3. The molecular formula is C20H14BrIN2O2. The van der Waals surface area contributed by atoms with Gasteiger partial charge in [-0.1, -0.05) is 23.6 Å². The topological polar surface area (TPSA) is 62.1 Å². The molecule has 0 radical (unpaired) electrons. The predicted molar refractivity (Wildman–Crippen MR) is 115 cm³/mol. The number of benzene rings is 2. The number of halogens is 2. The molecule has 0 saturated heterocycles. The Morgan fingerprint density at radius 2 is 2.08 bits per heavy atom. The molecule has 0 heterocycles. The molecule has 4 nitrogen and oxygen atoms in total. The Balaban J connectivity index is 2.25. The summed E-state index contributed by atoms with van der Waals surface area (Å²) in [6.07, 6.45) is 6.74. The summed E-state index contributed by atoms with van der Waals surface area (Å²) in [5.74, 6) is 2.58. The van der Waals surface area contributed by atoms with Gasteiger partial charge in [0.05, 0.1) is 8.04 Å². The van der Waals surface area contributed by atoms with Crippen molar-refractivity contribution in [1.29, 1.82) is 5.26 Å². The first kappa shape index (κ1) is 20.0. The van der Waals surface area contributed by atoms with Crippen LogP contribution >= 0.6 is 38.5 Å². The number of rotatable bonds is 5. The van der Waals surface area contributed by atoms with Gasteiger partial charge in [0, 0.05) is 5.69 Å². The van der Waals surface area contributed by atoms with Crippen LogP contribution in [0.4, 0.5) is 5.69 Å². The van der Waals surface area contributed by atoms with E-state index >= 15 is 0 Å². The van der Waals surface area contributed by atoms with Crippen LogP contribution in [-0.2, 0) is 4.79 Å². The Bertz CT molecular complexity index is 915. The van der Waals surface area contributed by atoms with Crippen molar-refractivity contribution < 1.29 is 9.53 Å². The van der Waals surface area contributed by atoms with Gasteiger partial charge in [-0.3, -0.25) is 4.79 Å². The molecular weight excluding hydrogens is 507 g/mol. The van der Waals surface area contributed by atoms with Gasteiger partial charge in [0.2, 0.25) is 0 Å². The van der Waals surface area contributed by atoms with E-state index in [4.69, 9.17) is 11.2 Å². The molecule has 0 bridgehead atoms. The third-order valence-corrected chi connectivity index (χ3v) is 4.70. The molecule has 0 fully saturated rings. The third kappa shape index (κ3) is 5.35. The standard InChI is InChI=1S/C20H14BrIN2O2/c1-3-8-26-19-17(21)10-14(11-18(19)22)9-15(12-23)20(25)24-16-6-4-13(2)5-7-16/h1,4-7,9-11H,8H2,2H3,(H,24,25)/b15-9+. The van der Waals surface area contributed by atoms with E-state index in [1.54, 1.807) is 18.2 Å². The summed E-state index contributed by atoms with van der Waals surface area (Å²) < 4.78 is 6.99. The Kier molecular flexibility index (Phi) is 7.26. The highest BCUT2D eigenvalue weighted by Crippen LogP contribution is 2.32. The smallest absolute Gasteiger partial charge is 0.266 e. The minimum atomic E-state index is -0.463. The lowest BCUT2D eigenvalue weighted by atomic mass is 10.1. The van der Waals surface area contributed by atoms with Crippen molar-refractivity contribution in [3.63, 3.8) is 0 Å². The fourth-order valence-corrected chi connectivity index (χ4v) is 3.83. The van der Waals surface area contributed by atoms with E-state index in [1.807, 2.05) is 31.2 Å². The fourth-order valence-electron chi connectivity index (χ4n) is 2.07. The lowest BCUT2D eigenvalue weighted by Gasteiger charge is -2.09. The second kappa shape index (κ2) is 9.42. The molecule has 0 aliphatic carbocycles. The summed E-state index contributed by atoms with van der Waals surface area (Å²) in [6.45, 7) is 2.12. The van der Waals surface area contributed by atoms with E-state index in [2.05, 4.69) is 49.8 Å². The van der Waals surface area contributed by atoms with Crippen LogP contribution in [0.2, 0.25) is 0 Å². The van der Waals surface area contributed by atoms with Crippen LogP contribution in [0.25, 0.3) is 6.08 Å². The van der Waals surface area contributed by atoms with Gasteiger partial charge in [-0.05, 0) is 81.3 Å². The van der Waals surface area contributed by atoms with Gasteiger partial charge < -0.3 is 10.1 Å². The Morgan fingerprint density at radius 3 is 2.65 bits per heavy atom. The summed E-state index contributed by atoms with van der Waals surface area (Å²) in [6, 6.07) is 12.9. The van der Waals surface area contributed by atoms with Crippen molar-refractivity contribution in [2.75, 3.05) is 11.9 Å². The molecule has 0 aliphatic rings.